The first-order chi connectivity index (χ1) is 11.6. The van der Waals surface area contributed by atoms with Gasteiger partial charge < -0.3 is 20.3 Å². The zero-order chi connectivity index (χ0) is 19.0. The van der Waals surface area contributed by atoms with Crippen molar-refractivity contribution >= 4 is 12.0 Å². The lowest BCUT2D eigenvalue weighted by atomic mass is 10.1. The molecule has 0 atom stereocenters. The number of nitriles is 1. The maximum Gasteiger partial charge on any atom is 0.410 e. The molecule has 1 rings (SSSR count). The Hall–Kier alpha value is -2.23. The summed E-state index contributed by atoms with van der Waals surface area (Å²) in [6, 6.07) is 2.04. The molecule has 0 aromatic carbocycles. The van der Waals surface area contributed by atoms with Crippen LogP contribution in [0.5, 0.6) is 0 Å². The molecular weight excluding hydrogens is 320 g/mol. The van der Waals surface area contributed by atoms with Crippen molar-refractivity contribution in [3.8, 4) is 6.07 Å². The number of ether oxygens (including phenoxy) is 1. The average Bonchev–Trinajstić information content (AvgIpc) is 2.52. The fourth-order valence-electron chi connectivity index (χ4n) is 2.30. The summed E-state index contributed by atoms with van der Waals surface area (Å²) >= 11 is 0. The molecule has 25 heavy (non-hydrogen) atoms. The SMILES string of the molecule is CC(C)CNC(=O)/C(C#N)=C\NC1CCN(C(=O)OC(C)(C)C)CC1. The average molecular weight is 350 g/mol. The molecule has 0 radical (unpaired) electrons. The van der Waals surface area contributed by atoms with E-state index < -0.39 is 5.60 Å². The molecule has 2 N–H and O–H groups in total. The number of piperidine rings is 1. The summed E-state index contributed by atoms with van der Waals surface area (Å²) in [6.07, 6.45) is 2.65. The first kappa shape index (κ1) is 20.8. The maximum absolute atomic E-state index is 12.0. The van der Waals surface area contributed by atoms with Crippen LogP contribution in [0.25, 0.3) is 0 Å². The molecule has 0 saturated carbocycles. The smallest absolute Gasteiger partial charge is 0.410 e. The van der Waals surface area contributed by atoms with Crippen LogP contribution in [-0.4, -0.2) is 48.2 Å². The van der Waals surface area contributed by atoms with Gasteiger partial charge in [0.15, 0.2) is 0 Å². The van der Waals surface area contributed by atoms with Crippen molar-refractivity contribution in [1.29, 1.82) is 5.26 Å². The summed E-state index contributed by atoms with van der Waals surface area (Å²) in [6.45, 7) is 11.2. The minimum Gasteiger partial charge on any atom is -0.444 e. The fourth-order valence-corrected chi connectivity index (χ4v) is 2.30. The quantitative estimate of drug-likeness (QED) is 0.585. The fraction of sp³-hybridized carbons (Fsp3) is 0.722. The summed E-state index contributed by atoms with van der Waals surface area (Å²) in [5, 5.41) is 15.0. The number of likely N-dealkylation sites (tertiary alicyclic amines) is 1. The van der Waals surface area contributed by atoms with Gasteiger partial charge in [0.05, 0.1) is 0 Å². The third kappa shape index (κ3) is 7.92. The molecule has 1 aliphatic rings. The summed E-state index contributed by atoms with van der Waals surface area (Å²) in [5.74, 6) is -0.0380. The van der Waals surface area contributed by atoms with E-state index in [1.807, 2.05) is 40.7 Å². The predicted molar refractivity (Wildman–Crippen MR) is 95.5 cm³/mol. The van der Waals surface area contributed by atoms with Crippen LogP contribution in [0.3, 0.4) is 0 Å². The molecular formula is C18H30N4O3. The third-order valence-corrected chi connectivity index (χ3v) is 3.65. The van der Waals surface area contributed by atoms with Crippen molar-refractivity contribution < 1.29 is 14.3 Å². The van der Waals surface area contributed by atoms with Crippen molar-refractivity contribution in [1.82, 2.24) is 15.5 Å². The number of carbonyl (C=O) groups is 2. The number of carbonyl (C=O) groups excluding carboxylic acids is 2. The summed E-state index contributed by atoms with van der Waals surface area (Å²) in [4.78, 5) is 25.6. The minimum atomic E-state index is -0.500. The maximum atomic E-state index is 12.0. The van der Waals surface area contributed by atoms with Crippen molar-refractivity contribution in [2.24, 2.45) is 5.92 Å². The summed E-state index contributed by atoms with van der Waals surface area (Å²) in [5.41, 5.74) is -0.435. The minimum absolute atomic E-state index is 0.0650. The monoisotopic (exact) mass is 350 g/mol. The van der Waals surface area contributed by atoms with Crippen molar-refractivity contribution in [2.45, 2.75) is 59.1 Å². The van der Waals surface area contributed by atoms with Crippen LogP contribution >= 0.6 is 0 Å². The van der Waals surface area contributed by atoms with Gasteiger partial charge in [-0.25, -0.2) is 4.79 Å². The Balaban J connectivity index is 2.46. The highest BCUT2D eigenvalue weighted by Crippen LogP contribution is 2.15. The first-order valence-electron chi connectivity index (χ1n) is 8.75. The largest absolute Gasteiger partial charge is 0.444 e. The van der Waals surface area contributed by atoms with Gasteiger partial charge in [-0.1, -0.05) is 13.8 Å². The molecule has 140 valence electrons. The first-order valence-corrected chi connectivity index (χ1v) is 8.75. The van der Waals surface area contributed by atoms with Crippen molar-refractivity contribution in [3.05, 3.63) is 11.8 Å². The number of nitrogens with one attached hydrogen (secondary N) is 2. The van der Waals surface area contributed by atoms with Gasteiger partial charge in [-0.3, -0.25) is 4.79 Å². The third-order valence-electron chi connectivity index (χ3n) is 3.65. The van der Waals surface area contributed by atoms with Crippen molar-refractivity contribution in [2.75, 3.05) is 19.6 Å². The number of hydrogen-bond acceptors (Lipinski definition) is 5. The van der Waals surface area contributed by atoms with E-state index in [1.165, 1.54) is 6.20 Å². The zero-order valence-corrected chi connectivity index (χ0v) is 15.9. The predicted octanol–water partition coefficient (Wildman–Crippen LogP) is 2.16. The van der Waals surface area contributed by atoms with Crippen LogP contribution < -0.4 is 10.6 Å². The Labute approximate surface area is 150 Å². The van der Waals surface area contributed by atoms with E-state index in [4.69, 9.17) is 10.00 Å². The molecule has 0 unspecified atom stereocenters. The van der Waals surface area contributed by atoms with Gasteiger partial charge in [0.1, 0.15) is 17.2 Å². The van der Waals surface area contributed by atoms with Gasteiger partial charge in [-0.2, -0.15) is 5.26 Å². The topological polar surface area (TPSA) is 94.5 Å². The second kappa shape index (κ2) is 9.30. The second-order valence-electron chi connectivity index (χ2n) is 7.68. The molecule has 1 aliphatic heterocycles. The van der Waals surface area contributed by atoms with Gasteiger partial charge in [-0.15, -0.1) is 0 Å². The molecule has 0 aromatic heterocycles. The van der Waals surface area contributed by atoms with E-state index >= 15 is 0 Å². The highest BCUT2D eigenvalue weighted by molar-refractivity contribution is 5.97. The van der Waals surface area contributed by atoms with Gasteiger partial charge in [-0.05, 0) is 39.5 Å². The molecule has 0 aliphatic carbocycles. The molecule has 2 amide bonds. The Morgan fingerprint density at radius 3 is 2.40 bits per heavy atom. The summed E-state index contributed by atoms with van der Waals surface area (Å²) in [7, 11) is 0. The van der Waals surface area contributed by atoms with Crippen LogP contribution in [0, 0.1) is 17.2 Å². The lowest BCUT2D eigenvalue weighted by Crippen LogP contribution is -2.45. The molecule has 7 nitrogen and oxygen atoms in total. The Kier molecular flexibility index (Phi) is 7.75. The molecule has 0 spiro atoms. The van der Waals surface area contributed by atoms with Crippen LogP contribution in [-0.2, 0) is 9.53 Å². The van der Waals surface area contributed by atoms with Gasteiger partial charge in [0, 0.05) is 31.9 Å². The molecule has 7 heteroatoms. The lowest BCUT2D eigenvalue weighted by molar-refractivity contribution is -0.117. The van der Waals surface area contributed by atoms with E-state index in [9.17, 15) is 9.59 Å². The molecule has 0 aromatic rings. The molecule has 1 saturated heterocycles. The Morgan fingerprint density at radius 1 is 1.32 bits per heavy atom. The van der Waals surface area contributed by atoms with Crippen LogP contribution in [0.15, 0.2) is 11.8 Å². The molecule has 0 bridgehead atoms. The van der Waals surface area contributed by atoms with Gasteiger partial charge in [0.25, 0.3) is 5.91 Å². The van der Waals surface area contributed by atoms with Crippen LogP contribution in [0.4, 0.5) is 4.79 Å². The summed E-state index contributed by atoms with van der Waals surface area (Å²) < 4.78 is 5.36. The number of hydrogen-bond donors (Lipinski definition) is 2. The van der Waals surface area contributed by atoms with E-state index in [-0.39, 0.29) is 23.6 Å². The van der Waals surface area contributed by atoms with Crippen LogP contribution in [0.1, 0.15) is 47.5 Å². The Morgan fingerprint density at radius 2 is 1.92 bits per heavy atom. The number of rotatable bonds is 5. The Bertz CT molecular complexity index is 536. The lowest BCUT2D eigenvalue weighted by Gasteiger charge is -2.33. The van der Waals surface area contributed by atoms with E-state index in [0.29, 0.717) is 25.6 Å². The number of nitrogens with zero attached hydrogens (tertiary/aromatic N) is 2. The number of amides is 2. The highest BCUT2D eigenvalue weighted by atomic mass is 16.6. The second-order valence-corrected chi connectivity index (χ2v) is 7.68. The highest BCUT2D eigenvalue weighted by Gasteiger charge is 2.26. The van der Waals surface area contributed by atoms with Crippen LogP contribution in [0.2, 0.25) is 0 Å². The molecule has 1 heterocycles. The van der Waals surface area contributed by atoms with Gasteiger partial charge >= 0.3 is 6.09 Å². The van der Waals surface area contributed by atoms with Crippen molar-refractivity contribution in [3.63, 3.8) is 0 Å². The van der Waals surface area contributed by atoms with E-state index in [2.05, 4.69) is 10.6 Å². The normalized spacial score (nSPS) is 16.4. The molecule has 1 fully saturated rings. The standard InChI is InChI=1S/C18H30N4O3/c1-13(2)11-21-16(23)14(10-19)12-20-15-6-8-22(9-7-15)17(24)25-18(3,4)5/h12-13,15,20H,6-9,11H2,1-5H3,(H,21,23)/b14-12-. The van der Waals surface area contributed by atoms with E-state index in [0.717, 1.165) is 12.8 Å². The zero-order valence-electron chi connectivity index (χ0n) is 15.9. The van der Waals surface area contributed by atoms with E-state index in [1.54, 1.807) is 4.90 Å². The van der Waals surface area contributed by atoms with Gasteiger partial charge in [0.2, 0.25) is 0 Å².